The average Bonchev–Trinajstić information content (AvgIpc) is 3.06. The lowest BCUT2D eigenvalue weighted by molar-refractivity contribution is 0.414. The number of hydrogen-bond donors (Lipinski definition) is 1. The molecule has 0 aliphatic carbocycles. The van der Waals surface area contributed by atoms with Crippen LogP contribution in [0.5, 0.6) is 5.75 Å². The molecule has 0 fully saturated rings. The zero-order valence-electron chi connectivity index (χ0n) is 15.4. The number of nitrogens with zero attached hydrogens (tertiary/aromatic N) is 4. The van der Waals surface area contributed by atoms with Gasteiger partial charge in [0.25, 0.3) is 5.56 Å². The second kappa shape index (κ2) is 7.38. The lowest BCUT2D eigenvalue weighted by Crippen LogP contribution is -2.32. The number of benzene rings is 1. The molecule has 0 saturated carbocycles. The summed E-state index contributed by atoms with van der Waals surface area (Å²) in [5, 5.41) is 5.00. The van der Waals surface area contributed by atoms with E-state index in [-0.39, 0.29) is 21.2 Å². The maximum absolute atomic E-state index is 12.9. The van der Waals surface area contributed by atoms with Crippen molar-refractivity contribution in [2.24, 2.45) is 7.05 Å². The van der Waals surface area contributed by atoms with Gasteiger partial charge in [0, 0.05) is 18.8 Å². The molecule has 0 aliphatic rings. The second-order valence-electron chi connectivity index (χ2n) is 6.34. The highest BCUT2D eigenvalue weighted by atomic mass is 35.5. The molecule has 29 heavy (non-hydrogen) atoms. The topological polar surface area (TPSA) is 94.8 Å². The average molecular weight is 432 g/mol. The number of methoxy groups -OCH3 is 1. The Morgan fingerprint density at radius 2 is 1.86 bits per heavy atom. The van der Waals surface area contributed by atoms with Gasteiger partial charge < -0.3 is 4.74 Å². The first-order valence-corrected chi connectivity index (χ1v) is 9.29. The van der Waals surface area contributed by atoms with E-state index in [2.05, 4.69) is 15.1 Å². The number of ether oxygens (including phenoxy) is 1. The monoisotopic (exact) mass is 431 g/mol. The van der Waals surface area contributed by atoms with Gasteiger partial charge in [-0.15, -0.1) is 0 Å². The van der Waals surface area contributed by atoms with Gasteiger partial charge in [0.1, 0.15) is 16.3 Å². The van der Waals surface area contributed by atoms with Crippen LogP contribution in [-0.4, -0.2) is 31.4 Å². The largest absolute Gasteiger partial charge is 0.497 e. The predicted octanol–water partition coefficient (Wildman–Crippen LogP) is 2.85. The van der Waals surface area contributed by atoms with Crippen molar-refractivity contribution >= 4 is 34.2 Å². The molecule has 0 spiro atoms. The van der Waals surface area contributed by atoms with Crippen LogP contribution in [0.25, 0.3) is 22.3 Å². The molecule has 0 atom stereocenters. The Labute approximate surface area is 174 Å². The molecule has 1 aromatic carbocycles. The Balaban J connectivity index is 2.00. The third-order valence-electron chi connectivity index (χ3n) is 4.59. The lowest BCUT2D eigenvalue weighted by Gasteiger charge is -2.10. The minimum atomic E-state index is -0.554. The highest BCUT2D eigenvalue weighted by Crippen LogP contribution is 2.35. The molecule has 4 rings (SSSR count). The summed E-state index contributed by atoms with van der Waals surface area (Å²) >= 11 is 12.5. The second-order valence-corrected chi connectivity index (χ2v) is 7.07. The molecule has 0 saturated heterocycles. The van der Waals surface area contributed by atoms with Crippen LogP contribution in [0.1, 0.15) is 5.56 Å². The summed E-state index contributed by atoms with van der Waals surface area (Å²) in [6.07, 6.45) is 1.50. The Bertz CT molecular complexity index is 1340. The van der Waals surface area contributed by atoms with Crippen LogP contribution < -0.4 is 16.0 Å². The van der Waals surface area contributed by atoms with Gasteiger partial charge in [-0.3, -0.25) is 19.0 Å². The third-order valence-corrected chi connectivity index (χ3v) is 5.36. The smallest absolute Gasteiger partial charge is 0.329 e. The summed E-state index contributed by atoms with van der Waals surface area (Å²) < 4.78 is 7.79. The van der Waals surface area contributed by atoms with Crippen molar-refractivity contribution in [2.75, 3.05) is 7.11 Å². The van der Waals surface area contributed by atoms with E-state index in [0.717, 1.165) is 15.9 Å². The molecule has 1 N–H and O–H groups in total. The summed E-state index contributed by atoms with van der Waals surface area (Å²) in [6, 6.07) is 9.08. The zero-order chi connectivity index (χ0) is 20.7. The van der Waals surface area contributed by atoms with Gasteiger partial charge >= 0.3 is 5.69 Å². The van der Waals surface area contributed by atoms with Crippen LogP contribution in [0, 0.1) is 0 Å². The molecular formula is C19H15Cl2N5O3. The van der Waals surface area contributed by atoms with Crippen molar-refractivity contribution in [1.29, 1.82) is 0 Å². The van der Waals surface area contributed by atoms with Crippen molar-refractivity contribution in [3.05, 3.63) is 73.1 Å². The summed E-state index contributed by atoms with van der Waals surface area (Å²) in [5.74, 6) is 0.724. The Morgan fingerprint density at radius 1 is 1.14 bits per heavy atom. The minimum absolute atomic E-state index is 0.107. The number of H-pyrrole nitrogens is 1. The molecule has 0 amide bonds. The first-order valence-electron chi connectivity index (χ1n) is 8.54. The number of rotatable bonds is 4. The molecule has 8 nitrogen and oxygen atoms in total. The number of fused-ring (bicyclic) bond motifs is 1. The van der Waals surface area contributed by atoms with Crippen LogP contribution >= 0.6 is 23.2 Å². The van der Waals surface area contributed by atoms with Crippen molar-refractivity contribution in [2.45, 2.75) is 6.54 Å². The fraction of sp³-hybridized carbons (Fsp3) is 0.158. The molecule has 10 heteroatoms. The Kier molecular flexibility index (Phi) is 4.89. The molecule has 4 aromatic rings. The summed E-state index contributed by atoms with van der Waals surface area (Å²) in [5.41, 5.74) is 0.987. The SMILES string of the molecule is COc1ccc(Cn2nc3[nH]c(=O)n(C)c(=O)c3c2-c2ccnc(Cl)c2Cl)cc1. The van der Waals surface area contributed by atoms with Crippen molar-refractivity contribution in [1.82, 2.24) is 24.3 Å². The van der Waals surface area contributed by atoms with Gasteiger partial charge in [0.15, 0.2) is 5.65 Å². The van der Waals surface area contributed by atoms with E-state index in [4.69, 9.17) is 27.9 Å². The maximum Gasteiger partial charge on any atom is 0.329 e. The standard InChI is InChI=1S/C19H15Cl2N5O3/c1-25-18(27)13-15(12-7-8-22-16(21)14(12)20)26(24-17(13)23-19(25)28)9-10-3-5-11(29-2)6-4-10/h3-8H,9H2,1-2H3,(H,23,24,28). The van der Waals surface area contributed by atoms with Crippen LogP contribution in [0.4, 0.5) is 0 Å². The third kappa shape index (κ3) is 3.30. The predicted molar refractivity (Wildman–Crippen MR) is 111 cm³/mol. The van der Waals surface area contributed by atoms with E-state index in [9.17, 15) is 9.59 Å². The van der Waals surface area contributed by atoms with Crippen molar-refractivity contribution in [3.63, 3.8) is 0 Å². The minimum Gasteiger partial charge on any atom is -0.497 e. The van der Waals surface area contributed by atoms with Crippen LogP contribution in [0.2, 0.25) is 10.2 Å². The molecule has 148 valence electrons. The fourth-order valence-electron chi connectivity index (χ4n) is 3.09. The Morgan fingerprint density at radius 3 is 2.55 bits per heavy atom. The summed E-state index contributed by atoms with van der Waals surface area (Å²) in [7, 11) is 2.99. The number of halogens is 2. The van der Waals surface area contributed by atoms with E-state index in [0.29, 0.717) is 17.8 Å². The number of hydrogen-bond acceptors (Lipinski definition) is 5. The molecule has 0 radical (unpaired) electrons. The number of pyridine rings is 1. The normalized spacial score (nSPS) is 11.2. The van der Waals surface area contributed by atoms with E-state index >= 15 is 0 Å². The highest BCUT2D eigenvalue weighted by molar-refractivity contribution is 6.43. The Hall–Kier alpha value is -3.10. The van der Waals surface area contributed by atoms with Crippen molar-refractivity contribution < 1.29 is 4.74 Å². The fourth-order valence-corrected chi connectivity index (χ4v) is 3.45. The lowest BCUT2D eigenvalue weighted by atomic mass is 10.1. The molecule has 0 unspecified atom stereocenters. The van der Waals surface area contributed by atoms with Crippen LogP contribution in [0.15, 0.2) is 46.1 Å². The van der Waals surface area contributed by atoms with Crippen LogP contribution in [-0.2, 0) is 13.6 Å². The van der Waals surface area contributed by atoms with E-state index in [1.165, 1.54) is 13.2 Å². The van der Waals surface area contributed by atoms with E-state index in [1.807, 2.05) is 24.3 Å². The highest BCUT2D eigenvalue weighted by Gasteiger charge is 2.22. The van der Waals surface area contributed by atoms with Gasteiger partial charge in [-0.05, 0) is 23.8 Å². The maximum atomic E-state index is 12.9. The van der Waals surface area contributed by atoms with Gasteiger partial charge in [0.2, 0.25) is 0 Å². The number of nitrogens with one attached hydrogen (secondary N) is 1. The van der Waals surface area contributed by atoms with Gasteiger partial charge in [-0.2, -0.15) is 5.10 Å². The first-order chi connectivity index (χ1) is 13.9. The molecular weight excluding hydrogens is 417 g/mol. The quantitative estimate of drug-likeness (QED) is 0.501. The molecule has 3 aromatic heterocycles. The summed E-state index contributed by atoms with van der Waals surface area (Å²) in [6.45, 7) is 0.329. The van der Waals surface area contributed by atoms with E-state index < -0.39 is 11.2 Å². The van der Waals surface area contributed by atoms with Gasteiger partial charge in [0.05, 0.1) is 24.4 Å². The van der Waals surface area contributed by atoms with E-state index in [1.54, 1.807) is 17.9 Å². The summed E-state index contributed by atoms with van der Waals surface area (Å²) in [4.78, 5) is 31.5. The zero-order valence-corrected chi connectivity index (χ0v) is 17.0. The van der Waals surface area contributed by atoms with Crippen LogP contribution in [0.3, 0.4) is 0 Å². The molecule has 0 aliphatic heterocycles. The van der Waals surface area contributed by atoms with Gasteiger partial charge in [-0.25, -0.2) is 9.78 Å². The number of aromatic amines is 1. The number of aromatic nitrogens is 5. The van der Waals surface area contributed by atoms with Crippen molar-refractivity contribution in [3.8, 4) is 17.0 Å². The van der Waals surface area contributed by atoms with Gasteiger partial charge in [-0.1, -0.05) is 35.3 Å². The molecule has 0 bridgehead atoms. The first kappa shape index (κ1) is 19.2. The molecule has 3 heterocycles.